The molecule has 0 heterocycles. The maximum absolute atomic E-state index is 12.0. The molecule has 0 spiro atoms. The van der Waals surface area contributed by atoms with Gasteiger partial charge in [0.2, 0.25) is 5.91 Å². The van der Waals surface area contributed by atoms with Crippen LogP contribution < -0.4 is 10.6 Å². The Hall–Kier alpha value is -1.36. The highest BCUT2D eigenvalue weighted by Crippen LogP contribution is 2.19. The first-order chi connectivity index (χ1) is 9.20. The van der Waals surface area contributed by atoms with Crippen molar-refractivity contribution in [1.82, 2.24) is 10.6 Å². The van der Waals surface area contributed by atoms with Crippen LogP contribution in [-0.2, 0) is 4.79 Å². The molecule has 0 aliphatic carbocycles. The van der Waals surface area contributed by atoms with E-state index in [2.05, 4.69) is 26.6 Å². The fourth-order valence-electron chi connectivity index (χ4n) is 1.72. The summed E-state index contributed by atoms with van der Waals surface area (Å²) < 4.78 is 0.899. The van der Waals surface area contributed by atoms with Gasteiger partial charge in [0, 0.05) is 28.5 Å². The van der Waals surface area contributed by atoms with Crippen LogP contribution in [0.25, 0.3) is 0 Å². The van der Waals surface area contributed by atoms with Gasteiger partial charge in [0.25, 0.3) is 5.91 Å². The molecule has 110 valence electrons. The number of carbonyl (C=O) groups excluding carboxylic acids is 2. The van der Waals surface area contributed by atoms with Gasteiger partial charge in [0.1, 0.15) is 0 Å². The summed E-state index contributed by atoms with van der Waals surface area (Å²) >= 11 is 3.39. The van der Waals surface area contributed by atoms with E-state index >= 15 is 0 Å². The molecule has 0 fully saturated rings. The van der Waals surface area contributed by atoms with Gasteiger partial charge in [0.15, 0.2) is 0 Å². The average molecular weight is 341 g/mol. The Morgan fingerprint density at radius 3 is 2.50 bits per heavy atom. The molecule has 0 atom stereocenters. The van der Waals surface area contributed by atoms with Gasteiger partial charge >= 0.3 is 0 Å². The van der Waals surface area contributed by atoms with Gasteiger partial charge in [-0.3, -0.25) is 9.59 Å². The molecule has 2 amide bonds. The number of halogens is 1. The molecule has 1 rings (SSSR count). The second-order valence-electron chi connectivity index (χ2n) is 5.72. The highest BCUT2D eigenvalue weighted by atomic mass is 79.9. The summed E-state index contributed by atoms with van der Waals surface area (Å²) in [5, 5.41) is 5.62. The SMILES string of the molecule is Cc1c(Br)cccc1C(=O)NCCC(=O)NC(C)(C)C. The van der Waals surface area contributed by atoms with Gasteiger partial charge in [-0.15, -0.1) is 0 Å². The van der Waals surface area contributed by atoms with E-state index in [1.807, 2.05) is 39.8 Å². The van der Waals surface area contributed by atoms with Crippen LogP contribution in [0.1, 0.15) is 43.1 Å². The number of hydrogen-bond acceptors (Lipinski definition) is 2. The zero-order chi connectivity index (χ0) is 15.3. The maximum atomic E-state index is 12.0. The minimum absolute atomic E-state index is 0.0660. The molecule has 5 heteroatoms. The minimum Gasteiger partial charge on any atom is -0.352 e. The van der Waals surface area contributed by atoms with E-state index < -0.39 is 0 Å². The maximum Gasteiger partial charge on any atom is 0.251 e. The predicted octanol–water partition coefficient (Wildman–Crippen LogP) is 2.79. The highest BCUT2D eigenvalue weighted by molar-refractivity contribution is 9.10. The van der Waals surface area contributed by atoms with Gasteiger partial charge < -0.3 is 10.6 Å². The Morgan fingerprint density at radius 2 is 1.90 bits per heavy atom. The first-order valence-corrected chi connectivity index (χ1v) is 7.34. The zero-order valence-corrected chi connectivity index (χ0v) is 13.9. The van der Waals surface area contributed by atoms with E-state index in [1.54, 1.807) is 6.07 Å². The Bertz CT molecular complexity index is 507. The molecule has 1 aromatic carbocycles. The molecule has 4 nitrogen and oxygen atoms in total. The quantitative estimate of drug-likeness (QED) is 0.885. The van der Waals surface area contributed by atoms with E-state index in [9.17, 15) is 9.59 Å². The van der Waals surface area contributed by atoms with Gasteiger partial charge in [-0.2, -0.15) is 0 Å². The van der Waals surface area contributed by atoms with Crippen LogP contribution in [0.2, 0.25) is 0 Å². The fourth-order valence-corrected chi connectivity index (χ4v) is 2.09. The van der Waals surface area contributed by atoms with Crippen LogP contribution in [0.3, 0.4) is 0 Å². The molecule has 0 aromatic heterocycles. The molecule has 0 unspecified atom stereocenters. The number of benzene rings is 1. The van der Waals surface area contributed by atoms with Crippen LogP contribution in [0, 0.1) is 6.92 Å². The van der Waals surface area contributed by atoms with Crippen LogP contribution >= 0.6 is 15.9 Å². The predicted molar refractivity (Wildman–Crippen MR) is 83.7 cm³/mol. The number of rotatable bonds is 4. The minimum atomic E-state index is -0.248. The van der Waals surface area contributed by atoms with E-state index in [4.69, 9.17) is 0 Å². The lowest BCUT2D eigenvalue weighted by Gasteiger charge is -2.20. The Labute approximate surface area is 128 Å². The van der Waals surface area contributed by atoms with Crippen molar-refractivity contribution in [1.29, 1.82) is 0 Å². The lowest BCUT2D eigenvalue weighted by Crippen LogP contribution is -2.42. The van der Waals surface area contributed by atoms with Gasteiger partial charge in [0.05, 0.1) is 0 Å². The monoisotopic (exact) mass is 340 g/mol. The third-order valence-corrected chi connectivity index (χ3v) is 3.52. The van der Waals surface area contributed by atoms with Crippen molar-refractivity contribution in [3.8, 4) is 0 Å². The Kier molecular flexibility index (Phi) is 5.74. The van der Waals surface area contributed by atoms with E-state index in [1.165, 1.54) is 0 Å². The molecule has 1 aromatic rings. The van der Waals surface area contributed by atoms with Crippen molar-refractivity contribution in [2.75, 3.05) is 6.54 Å². The number of hydrogen-bond donors (Lipinski definition) is 2. The average Bonchev–Trinajstić information content (AvgIpc) is 2.30. The Morgan fingerprint density at radius 1 is 1.25 bits per heavy atom. The topological polar surface area (TPSA) is 58.2 Å². The fraction of sp³-hybridized carbons (Fsp3) is 0.467. The summed E-state index contributed by atoms with van der Waals surface area (Å²) in [6.07, 6.45) is 0.274. The van der Waals surface area contributed by atoms with Crippen molar-refractivity contribution in [2.45, 2.75) is 39.7 Å². The lowest BCUT2D eigenvalue weighted by atomic mass is 10.1. The Balaban J connectivity index is 2.48. The van der Waals surface area contributed by atoms with Gasteiger partial charge in [-0.1, -0.05) is 22.0 Å². The second-order valence-corrected chi connectivity index (χ2v) is 6.57. The first kappa shape index (κ1) is 16.7. The molecule has 0 saturated heterocycles. The summed E-state index contributed by atoms with van der Waals surface area (Å²) in [4.78, 5) is 23.6. The molecular formula is C15H21BrN2O2. The summed E-state index contributed by atoms with van der Waals surface area (Å²) in [5.74, 6) is -0.226. The van der Waals surface area contributed by atoms with Gasteiger partial charge in [-0.05, 0) is 45.4 Å². The number of nitrogens with one attached hydrogen (secondary N) is 2. The molecular weight excluding hydrogens is 320 g/mol. The highest BCUT2D eigenvalue weighted by Gasteiger charge is 2.14. The molecule has 0 radical (unpaired) electrons. The van der Waals surface area contributed by atoms with Crippen LogP contribution in [-0.4, -0.2) is 23.9 Å². The summed E-state index contributed by atoms with van der Waals surface area (Å²) in [6.45, 7) is 7.98. The van der Waals surface area contributed by atoms with Crippen molar-refractivity contribution in [3.63, 3.8) is 0 Å². The summed E-state index contributed by atoms with van der Waals surface area (Å²) in [6, 6.07) is 5.48. The number of amides is 2. The molecule has 20 heavy (non-hydrogen) atoms. The van der Waals surface area contributed by atoms with Crippen LogP contribution in [0.15, 0.2) is 22.7 Å². The molecule has 0 aliphatic rings. The number of carbonyl (C=O) groups is 2. The standard InChI is InChI=1S/C15H21BrN2O2/c1-10-11(6-5-7-12(10)16)14(20)17-9-8-13(19)18-15(2,3)4/h5-7H,8-9H2,1-4H3,(H,17,20)(H,18,19). The summed E-state index contributed by atoms with van der Waals surface area (Å²) in [5.41, 5.74) is 1.27. The van der Waals surface area contributed by atoms with Crippen molar-refractivity contribution in [2.24, 2.45) is 0 Å². The lowest BCUT2D eigenvalue weighted by molar-refractivity contribution is -0.122. The van der Waals surface area contributed by atoms with E-state index in [-0.39, 0.29) is 23.8 Å². The molecule has 0 saturated carbocycles. The van der Waals surface area contributed by atoms with E-state index in [0.717, 1.165) is 10.0 Å². The summed E-state index contributed by atoms with van der Waals surface area (Å²) in [7, 11) is 0. The molecule has 0 aliphatic heterocycles. The second kappa shape index (κ2) is 6.88. The zero-order valence-electron chi connectivity index (χ0n) is 12.3. The molecule has 2 N–H and O–H groups in total. The largest absolute Gasteiger partial charge is 0.352 e. The van der Waals surface area contributed by atoms with Crippen LogP contribution in [0.5, 0.6) is 0 Å². The third-order valence-electron chi connectivity index (χ3n) is 2.66. The smallest absolute Gasteiger partial charge is 0.251 e. The van der Waals surface area contributed by atoms with Gasteiger partial charge in [-0.25, -0.2) is 0 Å². The van der Waals surface area contributed by atoms with Crippen molar-refractivity contribution >= 4 is 27.7 Å². The molecule has 0 bridgehead atoms. The first-order valence-electron chi connectivity index (χ1n) is 6.55. The normalized spacial score (nSPS) is 11.1. The third kappa shape index (κ3) is 5.33. The van der Waals surface area contributed by atoms with E-state index in [0.29, 0.717) is 12.1 Å². The van der Waals surface area contributed by atoms with Crippen molar-refractivity contribution < 1.29 is 9.59 Å². The van der Waals surface area contributed by atoms with Crippen molar-refractivity contribution in [3.05, 3.63) is 33.8 Å². The van der Waals surface area contributed by atoms with Crippen LogP contribution in [0.4, 0.5) is 0 Å².